The van der Waals surface area contributed by atoms with E-state index in [4.69, 9.17) is 9.16 Å². The second kappa shape index (κ2) is 10.2. The fourth-order valence-electron chi connectivity index (χ4n) is 3.34. The number of rotatable bonds is 8. The lowest BCUT2D eigenvalue weighted by atomic mass is 10.2. The van der Waals surface area contributed by atoms with E-state index in [0.717, 1.165) is 29.3 Å². The maximum Gasteiger partial charge on any atom is 0.331 e. The topological polar surface area (TPSA) is 52.6 Å². The van der Waals surface area contributed by atoms with Crippen molar-refractivity contribution in [3.8, 4) is 0 Å². The Morgan fingerprint density at radius 2 is 1.34 bits per heavy atom. The zero-order valence-corrected chi connectivity index (χ0v) is 18.7. The Morgan fingerprint density at radius 3 is 1.79 bits per heavy atom. The quantitative estimate of drug-likeness (QED) is 0.286. The van der Waals surface area contributed by atoms with Crippen molar-refractivity contribution in [1.82, 2.24) is 0 Å². The Hall–Kier alpha value is -2.66. The summed E-state index contributed by atoms with van der Waals surface area (Å²) >= 11 is 0. The molecular formula is C24H30O4Si. The Morgan fingerprint density at radius 1 is 0.862 bits per heavy atom. The predicted octanol–water partition coefficient (Wildman–Crippen LogP) is 3.99. The third-order valence-corrected chi connectivity index (χ3v) is 9.68. The molecule has 29 heavy (non-hydrogen) atoms. The summed E-state index contributed by atoms with van der Waals surface area (Å²) in [5.41, 5.74) is 0. The van der Waals surface area contributed by atoms with Crippen LogP contribution in [0.3, 0.4) is 0 Å². The molecule has 2 aromatic carbocycles. The highest BCUT2D eigenvalue weighted by Crippen LogP contribution is 2.36. The number of benzene rings is 2. The Kier molecular flexibility index (Phi) is 7.97. The van der Waals surface area contributed by atoms with Gasteiger partial charge in [-0.05, 0) is 21.8 Å². The average Bonchev–Trinajstić information content (AvgIpc) is 2.71. The van der Waals surface area contributed by atoms with E-state index in [1.165, 1.54) is 6.08 Å². The molecule has 154 valence electrons. The van der Waals surface area contributed by atoms with E-state index < -0.39 is 20.3 Å². The highest BCUT2D eigenvalue weighted by Gasteiger charge is 2.52. The van der Waals surface area contributed by atoms with Crippen molar-refractivity contribution in [1.29, 1.82) is 0 Å². The van der Waals surface area contributed by atoms with Gasteiger partial charge in [-0.15, -0.1) is 0 Å². The molecule has 0 spiro atoms. The maximum atomic E-state index is 12.8. The van der Waals surface area contributed by atoms with E-state index in [1.54, 1.807) is 0 Å². The summed E-state index contributed by atoms with van der Waals surface area (Å²) in [5.74, 6) is -1.07. The van der Waals surface area contributed by atoms with E-state index >= 15 is 0 Å². The summed E-state index contributed by atoms with van der Waals surface area (Å²) in [6, 6.07) is 19.8. The molecule has 0 aliphatic carbocycles. The van der Waals surface area contributed by atoms with Crippen LogP contribution in [0.15, 0.2) is 72.8 Å². The van der Waals surface area contributed by atoms with E-state index in [9.17, 15) is 9.59 Å². The van der Waals surface area contributed by atoms with Crippen LogP contribution in [0.1, 0.15) is 40.5 Å². The summed E-state index contributed by atoms with van der Waals surface area (Å²) in [7, 11) is -2.97. The van der Waals surface area contributed by atoms with Gasteiger partial charge in [-0.25, -0.2) is 9.59 Å². The van der Waals surface area contributed by atoms with Crippen molar-refractivity contribution in [2.24, 2.45) is 0 Å². The van der Waals surface area contributed by atoms with Gasteiger partial charge >= 0.3 is 20.3 Å². The molecule has 0 heterocycles. The number of carbonyl (C=O) groups is 2. The smallest absolute Gasteiger partial charge is 0.331 e. The standard InChI is InChI=1S/C24H30O4Si/c1-5-6-19-27-22(25)17-18-23(26)28-29(24(2,3)4,20-13-9-7-10-14-20)21-15-11-8-12-16-21/h7-18H,5-6,19H2,1-4H3. The highest BCUT2D eigenvalue weighted by atomic mass is 28.4. The van der Waals surface area contributed by atoms with Crippen molar-refractivity contribution in [3.05, 3.63) is 72.8 Å². The first kappa shape index (κ1) is 22.6. The first-order chi connectivity index (χ1) is 13.8. The molecule has 0 unspecified atom stereocenters. The van der Waals surface area contributed by atoms with Gasteiger partial charge in [0.25, 0.3) is 0 Å². The van der Waals surface area contributed by atoms with Crippen LogP contribution < -0.4 is 10.4 Å². The summed E-state index contributed by atoms with van der Waals surface area (Å²) in [4.78, 5) is 24.6. The molecule has 0 atom stereocenters. The van der Waals surface area contributed by atoms with Gasteiger partial charge in [0, 0.05) is 12.2 Å². The molecule has 0 saturated heterocycles. The van der Waals surface area contributed by atoms with Gasteiger partial charge in [0.1, 0.15) is 0 Å². The number of unbranched alkanes of at least 4 members (excludes halogenated alkanes) is 1. The van der Waals surface area contributed by atoms with Crippen LogP contribution in [-0.2, 0) is 18.8 Å². The van der Waals surface area contributed by atoms with E-state index in [2.05, 4.69) is 20.8 Å². The minimum Gasteiger partial charge on any atom is -0.506 e. The number of hydrogen-bond acceptors (Lipinski definition) is 4. The molecule has 0 N–H and O–H groups in total. The lowest BCUT2D eigenvalue weighted by Crippen LogP contribution is -2.67. The molecule has 4 nitrogen and oxygen atoms in total. The van der Waals surface area contributed by atoms with Gasteiger partial charge in [0.2, 0.25) is 0 Å². The molecule has 0 aromatic heterocycles. The fraction of sp³-hybridized carbons (Fsp3) is 0.333. The molecule has 2 aromatic rings. The number of ether oxygens (including phenoxy) is 1. The third kappa shape index (κ3) is 5.67. The minimum absolute atomic E-state index is 0.319. The number of hydrogen-bond donors (Lipinski definition) is 0. The number of esters is 1. The molecule has 2 rings (SSSR count). The third-order valence-electron chi connectivity index (χ3n) is 4.77. The van der Waals surface area contributed by atoms with Crippen molar-refractivity contribution in [3.63, 3.8) is 0 Å². The second-order valence-electron chi connectivity index (χ2n) is 7.94. The zero-order chi connectivity index (χ0) is 21.3. The van der Waals surface area contributed by atoms with Gasteiger partial charge in [0.05, 0.1) is 6.61 Å². The Balaban J connectivity index is 2.39. The molecule has 0 saturated carbocycles. The summed E-state index contributed by atoms with van der Waals surface area (Å²) in [5, 5.41) is 1.69. The molecule has 5 heteroatoms. The SMILES string of the molecule is CCCCOC(=O)C=CC(=O)O[Si](c1ccccc1)(c1ccccc1)C(C)(C)C. The van der Waals surface area contributed by atoms with Crippen molar-refractivity contribution < 1.29 is 18.8 Å². The summed E-state index contributed by atoms with van der Waals surface area (Å²) < 4.78 is 11.3. The largest absolute Gasteiger partial charge is 0.506 e. The van der Waals surface area contributed by atoms with Crippen molar-refractivity contribution in [2.75, 3.05) is 6.61 Å². The molecule has 0 fully saturated rings. The van der Waals surface area contributed by atoms with Crippen LogP contribution in [0.2, 0.25) is 5.04 Å². The minimum atomic E-state index is -2.97. The lowest BCUT2D eigenvalue weighted by molar-refractivity contribution is -0.138. The van der Waals surface area contributed by atoms with Crippen LogP contribution in [0.25, 0.3) is 0 Å². The van der Waals surface area contributed by atoms with Crippen molar-refractivity contribution >= 4 is 30.6 Å². The molecule has 0 radical (unpaired) electrons. The Labute approximate surface area is 174 Å². The number of carbonyl (C=O) groups excluding carboxylic acids is 2. The van der Waals surface area contributed by atoms with Crippen LogP contribution >= 0.6 is 0 Å². The molecule has 0 aliphatic heterocycles. The first-order valence-corrected chi connectivity index (χ1v) is 11.9. The van der Waals surface area contributed by atoms with E-state index in [-0.39, 0.29) is 5.04 Å². The first-order valence-electron chi connectivity index (χ1n) is 10.00. The van der Waals surface area contributed by atoms with Gasteiger partial charge < -0.3 is 9.16 Å². The van der Waals surface area contributed by atoms with Gasteiger partial charge in [-0.1, -0.05) is 94.8 Å². The van der Waals surface area contributed by atoms with Gasteiger partial charge in [-0.2, -0.15) is 0 Å². The zero-order valence-electron chi connectivity index (χ0n) is 17.7. The van der Waals surface area contributed by atoms with Crippen LogP contribution in [0.5, 0.6) is 0 Å². The van der Waals surface area contributed by atoms with E-state index in [0.29, 0.717) is 6.61 Å². The molecule has 0 aliphatic rings. The highest BCUT2D eigenvalue weighted by molar-refractivity contribution is 7.00. The van der Waals surface area contributed by atoms with E-state index in [1.807, 2.05) is 67.6 Å². The summed E-state index contributed by atoms with van der Waals surface area (Å²) in [6.45, 7) is 8.65. The van der Waals surface area contributed by atoms with Crippen LogP contribution in [-0.4, -0.2) is 26.9 Å². The average molecular weight is 411 g/mol. The lowest BCUT2D eigenvalue weighted by Gasteiger charge is -2.41. The second-order valence-corrected chi connectivity index (χ2v) is 12.2. The van der Waals surface area contributed by atoms with Gasteiger partial charge in [0.15, 0.2) is 0 Å². The van der Waals surface area contributed by atoms with Crippen LogP contribution in [0.4, 0.5) is 0 Å². The fourth-order valence-corrected chi connectivity index (χ4v) is 7.64. The predicted molar refractivity (Wildman–Crippen MR) is 119 cm³/mol. The molecule has 0 bridgehead atoms. The van der Waals surface area contributed by atoms with Crippen LogP contribution in [0, 0.1) is 0 Å². The maximum absolute atomic E-state index is 12.8. The molecular weight excluding hydrogens is 380 g/mol. The normalized spacial score (nSPS) is 12.0. The van der Waals surface area contributed by atoms with Crippen molar-refractivity contribution in [2.45, 2.75) is 45.6 Å². The summed E-state index contributed by atoms with van der Waals surface area (Å²) in [6.07, 6.45) is 4.06. The molecule has 0 amide bonds. The van der Waals surface area contributed by atoms with Gasteiger partial charge in [-0.3, -0.25) is 0 Å². The Bertz CT molecular complexity index is 783. The monoisotopic (exact) mass is 410 g/mol.